The molecule has 0 aliphatic heterocycles. The number of carbonyl (C=O) groups excluding carboxylic acids is 1. The number of aromatic nitrogens is 1. The number of halogens is 2. The Morgan fingerprint density at radius 2 is 1.89 bits per heavy atom. The molecule has 2 aromatic rings. The van der Waals surface area contributed by atoms with Gasteiger partial charge in [-0.2, -0.15) is 0 Å². The number of rotatable bonds is 3. The smallest absolute Gasteiger partial charge is 0.252 e. The molecule has 1 aromatic carbocycles. The van der Waals surface area contributed by atoms with E-state index in [1.54, 1.807) is 18.2 Å². The van der Waals surface area contributed by atoms with Crippen molar-refractivity contribution in [3.8, 4) is 0 Å². The van der Waals surface area contributed by atoms with Crippen molar-refractivity contribution in [2.24, 2.45) is 5.73 Å². The molecule has 98 valence electrons. The number of carbonyl (C=O) groups is 1. The fraction of sp³-hybridized carbons (Fsp3) is 0. The van der Waals surface area contributed by atoms with E-state index in [1.165, 1.54) is 12.3 Å². The zero-order valence-corrected chi connectivity index (χ0v) is 11.2. The second-order valence-corrected chi connectivity index (χ2v) is 4.57. The standard InChI is InChI=1S/C12H10Cl2N4O/c13-8-2-1-3-9(14)10(8)18-12-7(11(16)19)4-6(15)5-17-12/h1-5H,15H2,(H2,16,19)(H,17,18). The summed E-state index contributed by atoms with van der Waals surface area (Å²) in [4.78, 5) is 15.4. The van der Waals surface area contributed by atoms with Crippen LogP contribution < -0.4 is 16.8 Å². The van der Waals surface area contributed by atoms with E-state index < -0.39 is 5.91 Å². The number of amides is 1. The zero-order valence-electron chi connectivity index (χ0n) is 9.65. The number of primary amides is 1. The highest BCUT2D eigenvalue weighted by Gasteiger charge is 2.13. The minimum atomic E-state index is -0.648. The lowest BCUT2D eigenvalue weighted by Gasteiger charge is -2.12. The van der Waals surface area contributed by atoms with Crippen molar-refractivity contribution in [1.29, 1.82) is 0 Å². The van der Waals surface area contributed by atoms with E-state index in [1.807, 2.05) is 0 Å². The number of hydrogen-bond donors (Lipinski definition) is 3. The molecule has 0 radical (unpaired) electrons. The Morgan fingerprint density at radius 1 is 1.26 bits per heavy atom. The highest BCUT2D eigenvalue weighted by atomic mass is 35.5. The molecule has 0 aliphatic rings. The molecule has 5 N–H and O–H groups in total. The van der Waals surface area contributed by atoms with Crippen molar-refractivity contribution in [3.63, 3.8) is 0 Å². The van der Waals surface area contributed by atoms with Gasteiger partial charge < -0.3 is 16.8 Å². The molecule has 0 atom stereocenters. The van der Waals surface area contributed by atoms with Crippen molar-refractivity contribution >= 4 is 46.3 Å². The Bertz CT molecular complexity index is 625. The highest BCUT2D eigenvalue weighted by molar-refractivity contribution is 6.39. The summed E-state index contributed by atoms with van der Waals surface area (Å²) in [5, 5.41) is 3.69. The van der Waals surface area contributed by atoms with Gasteiger partial charge in [0.1, 0.15) is 5.82 Å². The van der Waals surface area contributed by atoms with Crippen LogP contribution >= 0.6 is 23.2 Å². The van der Waals surface area contributed by atoms with Gasteiger partial charge in [0.25, 0.3) is 5.91 Å². The van der Waals surface area contributed by atoms with Crippen LogP contribution in [0.1, 0.15) is 10.4 Å². The quantitative estimate of drug-likeness (QED) is 0.812. The van der Waals surface area contributed by atoms with Gasteiger partial charge in [0, 0.05) is 0 Å². The molecule has 1 heterocycles. The third kappa shape index (κ3) is 2.89. The van der Waals surface area contributed by atoms with Crippen LogP contribution in [0.2, 0.25) is 10.0 Å². The average molecular weight is 297 g/mol. The van der Waals surface area contributed by atoms with E-state index in [-0.39, 0.29) is 11.4 Å². The van der Waals surface area contributed by atoms with Crippen LogP contribution in [0.25, 0.3) is 0 Å². The van der Waals surface area contributed by atoms with Crippen LogP contribution in [0.4, 0.5) is 17.2 Å². The number of nitrogens with two attached hydrogens (primary N) is 2. The van der Waals surface area contributed by atoms with Crippen LogP contribution in [0.5, 0.6) is 0 Å². The van der Waals surface area contributed by atoms with Gasteiger partial charge in [-0.25, -0.2) is 4.98 Å². The number of para-hydroxylation sites is 1. The summed E-state index contributed by atoms with van der Waals surface area (Å²) in [6.45, 7) is 0. The van der Waals surface area contributed by atoms with Crippen LogP contribution in [-0.2, 0) is 0 Å². The lowest BCUT2D eigenvalue weighted by molar-refractivity contribution is 0.100. The first-order valence-corrected chi connectivity index (χ1v) is 6.01. The number of nitrogens with zero attached hydrogens (tertiary/aromatic N) is 1. The molecule has 0 fully saturated rings. The average Bonchev–Trinajstić information content (AvgIpc) is 2.35. The molecule has 0 bridgehead atoms. The molecule has 0 unspecified atom stereocenters. The Morgan fingerprint density at radius 3 is 2.47 bits per heavy atom. The number of pyridine rings is 1. The van der Waals surface area contributed by atoms with Gasteiger partial charge in [-0.15, -0.1) is 0 Å². The van der Waals surface area contributed by atoms with Crippen LogP contribution in [0, 0.1) is 0 Å². The van der Waals surface area contributed by atoms with E-state index in [9.17, 15) is 4.79 Å². The van der Waals surface area contributed by atoms with E-state index in [0.29, 0.717) is 21.4 Å². The van der Waals surface area contributed by atoms with Gasteiger partial charge in [0.2, 0.25) is 0 Å². The minimum absolute atomic E-state index is 0.163. The topological polar surface area (TPSA) is 94.0 Å². The molecule has 2 rings (SSSR count). The summed E-state index contributed by atoms with van der Waals surface area (Å²) in [5.74, 6) is -0.401. The Balaban J connectivity index is 2.47. The Hall–Kier alpha value is -1.98. The number of hydrogen-bond acceptors (Lipinski definition) is 4. The third-order valence-electron chi connectivity index (χ3n) is 2.38. The second-order valence-electron chi connectivity index (χ2n) is 3.75. The van der Waals surface area contributed by atoms with Gasteiger partial charge in [-0.3, -0.25) is 4.79 Å². The largest absolute Gasteiger partial charge is 0.397 e. The van der Waals surface area contributed by atoms with Crippen molar-refractivity contribution in [2.45, 2.75) is 0 Å². The minimum Gasteiger partial charge on any atom is -0.397 e. The number of anilines is 3. The van der Waals surface area contributed by atoms with E-state index in [2.05, 4.69) is 10.3 Å². The van der Waals surface area contributed by atoms with E-state index >= 15 is 0 Å². The fourth-order valence-corrected chi connectivity index (χ4v) is 2.00. The lowest BCUT2D eigenvalue weighted by Crippen LogP contribution is -2.15. The van der Waals surface area contributed by atoms with Crippen molar-refractivity contribution in [2.75, 3.05) is 11.1 Å². The zero-order chi connectivity index (χ0) is 14.0. The molecule has 0 spiro atoms. The van der Waals surface area contributed by atoms with Gasteiger partial charge in [-0.05, 0) is 18.2 Å². The summed E-state index contributed by atoms with van der Waals surface area (Å²) in [6.07, 6.45) is 1.40. The Labute approximate surface area is 119 Å². The molecular formula is C12H10Cl2N4O. The summed E-state index contributed by atoms with van der Waals surface area (Å²) in [7, 11) is 0. The summed E-state index contributed by atoms with van der Waals surface area (Å²) >= 11 is 12.1. The molecule has 0 saturated heterocycles. The SMILES string of the molecule is NC(=O)c1cc(N)cnc1Nc1c(Cl)cccc1Cl. The third-order valence-corrected chi connectivity index (χ3v) is 3.01. The number of nitrogens with one attached hydrogen (secondary N) is 1. The van der Waals surface area contributed by atoms with Crippen LogP contribution in [-0.4, -0.2) is 10.9 Å². The van der Waals surface area contributed by atoms with Crippen LogP contribution in [0.3, 0.4) is 0 Å². The van der Waals surface area contributed by atoms with Gasteiger partial charge in [0.15, 0.2) is 0 Å². The molecule has 7 heteroatoms. The molecule has 1 aromatic heterocycles. The molecule has 5 nitrogen and oxygen atoms in total. The first-order valence-electron chi connectivity index (χ1n) is 5.25. The van der Waals surface area contributed by atoms with E-state index in [4.69, 9.17) is 34.7 Å². The number of nitrogen functional groups attached to an aromatic ring is 1. The van der Waals surface area contributed by atoms with Crippen molar-refractivity contribution in [1.82, 2.24) is 4.98 Å². The first-order chi connectivity index (χ1) is 8.99. The predicted molar refractivity (Wildman–Crippen MR) is 76.9 cm³/mol. The normalized spacial score (nSPS) is 10.2. The van der Waals surface area contributed by atoms with Crippen LogP contribution in [0.15, 0.2) is 30.5 Å². The van der Waals surface area contributed by atoms with Gasteiger partial charge in [0.05, 0.1) is 33.2 Å². The second kappa shape index (κ2) is 5.34. The number of benzene rings is 1. The molecular weight excluding hydrogens is 287 g/mol. The highest BCUT2D eigenvalue weighted by Crippen LogP contribution is 2.33. The summed E-state index contributed by atoms with van der Waals surface area (Å²) in [6, 6.07) is 6.47. The van der Waals surface area contributed by atoms with Gasteiger partial charge >= 0.3 is 0 Å². The molecule has 1 amide bonds. The predicted octanol–water partition coefficient (Wildman–Crippen LogP) is 2.81. The van der Waals surface area contributed by atoms with E-state index in [0.717, 1.165) is 0 Å². The van der Waals surface area contributed by atoms with Gasteiger partial charge in [-0.1, -0.05) is 29.3 Å². The molecule has 0 aliphatic carbocycles. The maximum atomic E-state index is 11.4. The monoisotopic (exact) mass is 296 g/mol. The first kappa shape index (κ1) is 13.5. The molecule has 19 heavy (non-hydrogen) atoms. The maximum absolute atomic E-state index is 11.4. The summed E-state index contributed by atoms with van der Waals surface area (Å²) in [5.41, 5.74) is 11.8. The maximum Gasteiger partial charge on any atom is 0.252 e. The van der Waals surface area contributed by atoms with Crippen molar-refractivity contribution in [3.05, 3.63) is 46.1 Å². The Kier molecular flexibility index (Phi) is 3.78. The lowest BCUT2D eigenvalue weighted by atomic mass is 10.2. The fourth-order valence-electron chi connectivity index (χ4n) is 1.50. The molecule has 0 saturated carbocycles. The summed E-state index contributed by atoms with van der Waals surface area (Å²) < 4.78 is 0. The van der Waals surface area contributed by atoms with Crippen molar-refractivity contribution < 1.29 is 4.79 Å².